The van der Waals surface area contributed by atoms with Crippen LogP contribution in [0.2, 0.25) is 0 Å². The molecule has 1 heterocycles. The van der Waals surface area contributed by atoms with Crippen molar-refractivity contribution in [3.63, 3.8) is 0 Å². The Kier molecular flexibility index (Phi) is 7.29. The quantitative estimate of drug-likeness (QED) is 0.571. The highest BCUT2D eigenvalue weighted by molar-refractivity contribution is 7.92. The number of anilines is 1. The molecule has 0 spiro atoms. The fourth-order valence-corrected chi connectivity index (χ4v) is 5.10. The van der Waals surface area contributed by atoms with Gasteiger partial charge < -0.3 is 4.90 Å². The first-order valence-electron chi connectivity index (χ1n) is 11.3. The van der Waals surface area contributed by atoms with Crippen LogP contribution < -0.4 is 4.72 Å². The van der Waals surface area contributed by atoms with Crippen molar-refractivity contribution in [1.29, 1.82) is 0 Å². The van der Waals surface area contributed by atoms with Crippen molar-refractivity contribution in [2.75, 3.05) is 30.9 Å². The maximum atomic E-state index is 13.2. The molecule has 34 heavy (non-hydrogen) atoms. The molecule has 178 valence electrons. The van der Waals surface area contributed by atoms with E-state index in [1.165, 1.54) is 47.5 Å². The van der Waals surface area contributed by atoms with Crippen LogP contribution in [0.4, 0.5) is 10.1 Å². The number of amides is 1. The van der Waals surface area contributed by atoms with E-state index in [0.717, 1.165) is 26.1 Å². The molecule has 1 N–H and O–H groups in total. The minimum Gasteiger partial charge on any atom is -0.337 e. The second-order valence-electron chi connectivity index (χ2n) is 8.55. The Bertz CT molecular complexity index is 1250. The molecule has 8 heteroatoms. The SMILES string of the molecule is Cc1ccc(CN2CCCN(C(=O)c3cccc(S(=O)(=O)Nc4ccc(F)cc4)c3)CC2)cc1. The zero-order valence-electron chi connectivity index (χ0n) is 19.1. The first-order chi connectivity index (χ1) is 16.3. The van der Waals surface area contributed by atoms with Gasteiger partial charge in [0.15, 0.2) is 0 Å². The lowest BCUT2D eigenvalue weighted by atomic mass is 10.1. The van der Waals surface area contributed by atoms with Gasteiger partial charge in [0.25, 0.3) is 15.9 Å². The Morgan fingerprint density at radius 2 is 1.68 bits per heavy atom. The van der Waals surface area contributed by atoms with Crippen LogP contribution in [0.15, 0.2) is 77.7 Å². The van der Waals surface area contributed by atoms with Crippen LogP contribution in [-0.4, -0.2) is 50.3 Å². The molecule has 1 saturated heterocycles. The number of sulfonamides is 1. The number of carbonyl (C=O) groups excluding carboxylic acids is 1. The fourth-order valence-electron chi connectivity index (χ4n) is 3.99. The third kappa shape index (κ3) is 6.01. The van der Waals surface area contributed by atoms with Gasteiger partial charge in [-0.15, -0.1) is 0 Å². The summed E-state index contributed by atoms with van der Waals surface area (Å²) in [5, 5.41) is 0. The summed E-state index contributed by atoms with van der Waals surface area (Å²) in [5.74, 6) is -0.638. The van der Waals surface area contributed by atoms with Gasteiger partial charge in [0.05, 0.1) is 4.90 Å². The topological polar surface area (TPSA) is 69.7 Å². The minimum absolute atomic E-state index is 0.0153. The second kappa shape index (κ2) is 10.4. The van der Waals surface area contributed by atoms with E-state index in [1.807, 2.05) is 0 Å². The van der Waals surface area contributed by atoms with E-state index in [2.05, 4.69) is 40.8 Å². The zero-order valence-corrected chi connectivity index (χ0v) is 19.9. The Morgan fingerprint density at radius 1 is 0.941 bits per heavy atom. The van der Waals surface area contributed by atoms with Crippen molar-refractivity contribution in [3.8, 4) is 0 Å². The average molecular weight is 482 g/mol. The number of nitrogens with one attached hydrogen (secondary N) is 1. The van der Waals surface area contributed by atoms with Gasteiger partial charge >= 0.3 is 0 Å². The molecule has 1 fully saturated rings. The number of carbonyl (C=O) groups is 1. The van der Waals surface area contributed by atoms with E-state index < -0.39 is 15.8 Å². The van der Waals surface area contributed by atoms with Crippen LogP contribution in [0, 0.1) is 12.7 Å². The molecular formula is C26H28FN3O3S. The van der Waals surface area contributed by atoms with Gasteiger partial charge in [-0.2, -0.15) is 0 Å². The van der Waals surface area contributed by atoms with Crippen molar-refractivity contribution in [3.05, 3.63) is 95.3 Å². The van der Waals surface area contributed by atoms with Crippen molar-refractivity contribution < 1.29 is 17.6 Å². The van der Waals surface area contributed by atoms with Crippen molar-refractivity contribution in [2.24, 2.45) is 0 Å². The molecule has 1 aliphatic rings. The van der Waals surface area contributed by atoms with E-state index in [4.69, 9.17) is 0 Å². The molecule has 4 rings (SSSR count). The number of aryl methyl sites for hydroxylation is 1. The van der Waals surface area contributed by atoms with Gasteiger partial charge in [0.2, 0.25) is 0 Å². The summed E-state index contributed by atoms with van der Waals surface area (Å²) >= 11 is 0. The van der Waals surface area contributed by atoms with E-state index in [9.17, 15) is 17.6 Å². The minimum atomic E-state index is -3.92. The van der Waals surface area contributed by atoms with Crippen LogP contribution >= 0.6 is 0 Å². The molecule has 0 aliphatic carbocycles. The lowest BCUT2D eigenvalue weighted by molar-refractivity contribution is 0.0761. The summed E-state index contributed by atoms with van der Waals surface area (Å²) in [4.78, 5) is 17.3. The molecule has 0 saturated carbocycles. The normalized spacial score (nSPS) is 15.1. The smallest absolute Gasteiger partial charge is 0.261 e. The van der Waals surface area contributed by atoms with Gasteiger partial charge in [-0.1, -0.05) is 35.9 Å². The summed E-state index contributed by atoms with van der Waals surface area (Å²) < 4.78 is 41.1. The molecular weight excluding hydrogens is 453 g/mol. The lowest BCUT2D eigenvalue weighted by Gasteiger charge is -2.22. The van der Waals surface area contributed by atoms with Crippen LogP contribution in [0.1, 0.15) is 27.9 Å². The Hall–Kier alpha value is -3.23. The monoisotopic (exact) mass is 481 g/mol. The van der Waals surface area contributed by atoms with Crippen LogP contribution in [-0.2, 0) is 16.6 Å². The van der Waals surface area contributed by atoms with Crippen LogP contribution in [0.5, 0.6) is 0 Å². The molecule has 1 aliphatic heterocycles. The molecule has 0 bridgehead atoms. The molecule has 0 aromatic heterocycles. The number of halogens is 1. The predicted octanol–water partition coefficient (Wildman–Crippen LogP) is 4.28. The van der Waals surface area contributed by atoms with E-state index in [-0.39, 0.29) is 16.5 Å². The zero-order chi connectivity index (χ0) is 24.1. The standard InChI is InChI=1S/C26H28FN3O3S/c1-20-6-8-21(9-7-20)19-29-14-3-15-30(17-16-29)26(31)22-4-2-5-25(18-22)34(32,33)28-24-12-10-23(27)11-13-24/h2,4-13,18,28H,3,14-17,19H2,1H3. The molecule has 0 radical (unpaired) electrons. The highest BCUT2D eigenvalue weighted by Crippen LogP contribution is 2.19. The highest BCUT2D eigenvalue weighted by Gasteiger charge is 2.22. The summed E-state index contributed by atoms with van der Waals surface area (Å²) in [5.41, 5.74) is 3.05. The Labute approximate surface area is 200 Å². The largest absolute Gasteiger partial charge is 0.337 e. The molecule has 3 aromatic rings. The average Bonchev–Trinajstić information content (AvgIpc) is 3.07. The first-order valence-corrected chi connectivity index (χ1v) is 12.7. The summed E-state index contributed by atoms with van der Waals surface area (Å²) in [7, 11) is -3.92. The highest BCUT2D eigenvalue weighted by atomic mass is 32.2. The number of hydrogen-bond acceptors (Lipinski definition) is 4. The molecule has 6 nitrogen and oxygen atoms in total. The number of benzene rings is 3. The first kappa shape index (κ1) is 23.9. The number of rotatable bonds is 6. The van der Waals surface area contributed by atoms with Gasteiger partial charge in [-0.05, 0) is 61.4 Å². The van der Waals surface area contributed by atoms with Gasteiger partial charge in [0, 0.05) is 44.0 Å². The van der Waals surface area contributed by atoms with E-state index >= 15 is 0 Å². The van der Waals surface area contributed by atoms with Gasteiger partial charge in [-0.3, -0.25) is 14.4 Å². The molecule has 0 unspecified atom stereocenters. The molecule has 3 aromatic carbocycles. The van der Waals surface area contributed by atoms with Crippen molar-refractivity contribution in [2.45, 2.75) is 24.8 Å². The van der Waals surface area contributed by atoms with Gasteiger partial charge in [0.1, 0.15) is 5.82 Å². The number of nitrogens with zero attached hydrogens (tertiary/aromatic N) is 2. The number of hydrogen-bond donors (Lipinski definition) is 1. The van der Waals surface area contributed by atoms with Gasteiger partial charge in [-0.25, -0.2) is 12.8 Å². The Morgan fingerprint density at radius 3 is 2.41 bits per heavy atom. The third-order valence-corrected chi connectivity index (χ3v) is 7.27. The van der Waals surface area contributed by atoms with Crippen LogP contribution in [0.3, 0.4) is 0 Å². The predicted molar refractivity (Wildman–Crippen MR) is 131 cm³/mol. The van der Waals surface area contributed by atoms with Crippen molar-refractivity contribution in [1.82, 2.24) is 9.80 Å². The Balaban J connectivity index is 1.42. The van der Waals surface area contributed by atoms with E-state index in [1.54, 1.807) is 17.0 Å². The lowest BCUT2D eigenvalue weighted by Crippen LogP contribution is -2.35. The summed E-state index contributed by atoms with van der Waals surface area (Å²) in [6.07, 6.45) is 0.849. The van der Waals surface area contributed by atoms with Crippen LogP contribution in [0.25, 0.3) is 0 Å². The molecule has 0 atom stereocenters. The second-order valence-corrected chi connectivity index (χ2v) is 10.2. The third-order valence-electron chi connectivity index (χ3n) is 5.89. The van der Waals surface area contributed by atoms with Crippen molar-refractivity contribution >= 4 is 21.6 Å². The maximum Gasteiger partial charge on any atom is 0.261 e. The summed E-state index contributed by atoms with van der Waals surface area (Å²) in [6, 6.07) is 19.6. The summed E-state index contributed by atoms with van der Waals surface area (Å²) in [6.45, 7) is 5.75. The fraction of sp³-hybridized carbons (Fsp3) is 0.269. The maximum absolute atomic E-state index is 13.2. The molecule has 1 amide bonds. The van der Waals surface area contributed by atoms with E-state index in [0.29, 0.717) is 18.7 Å².